The second kappa shape index (κ2) is 4.69. The highest BCUT2D eigenvalue weighted by Crippen LogP contribution is 2.15. The molecule has 0 unspecified atom stereocenters. The van der Waals surface area contributed by atoms with E-state index in [0.29, 0.717) is 11.6 Å². The zero-order valence-electron chi connectivity index (χ0n) is 8.65. The summed E-state index contributed by atoms with van der Waals surface area (Å²) in [5.74, 6) is -0.0849. The molecule has 14 heavy (non-hydrogen) atoms. The van der Waals surface area contributed by atoms with Crippen LogP contribution in [0, 0.1) is 0 Å². The zero-order valence-corrected chi connectivity index (χ0v) is 8.65. The van der Waals surface area contributed by atoms with Gasteiger partial charge in [-0.05, 0) is 18.4 Å². The predicted octanol–water partition coefficient (Wildman–Crippen LogP) is 1.78. The Morgan fingerprint density at radius 3 is 2.86 bits per heavy atom. The minimum absolute atomic E-state index is 0.317. The van der Waals surface area contributed by atoms with Crippen molar-refractivity contribution in [1.82, 2.24) is 9.97 Å². The summed E-state index contributed by atoms with van der Waals surface area (Å²) in [6, 6.07) is 1.68. The molecular formula is C10H14N2O2. The van der Waals surface area contributed by atoms with Gasteiger partial charge >= 0.3 is 5.97 Å². The first-order valence-corrected chi connectivity index (χ1v) is 4.59. The summed E-state index contributed by atoms with van der Waals surface area (Å²) in [5.41, 5.74) is 1.20. The zero-order chi connectivity index (χ0) is 10.6. The average Bonchev–Trinajstić information content (AvgIpc) is 2.27. The lowest BCUT2D eigenvalue weighted by molar-refractivity contribution is 0.0593. The normalized spacial score (nSPS) is 12.2. The molecule has 1 atom stereocenters. The largest absolute Gasteiger partial charge is 0.464 e. The Bertz CT molecular complexity index is 326. The van der Waals surface area contributed by atoms with Crippen molar-refractivity contribution in [3.8, 4) is 0 Å². The van der Waals surface area contributed by atoms with Gasteiger partial charge < -0.3 is 4.74 Å². The molecule has 0 bridgehead atoms. The van der Waals surface area contributed by atoms with Crippen LogP contribution in [0.1, 0.15) is 42.4 Å². The van der Waals surface area contributed by atoms with E-state index >= 15 is 0 Å². The van der Waals surface area contributed by atoms with Crippen molar-refractivity contribution in [1.29, 1.82) is 0 Å². The molecular weight excluding hydrogens is 180 g/mol. The summed E-state index contributed by atoms with van der Waals surface area (Å²) in [6.45, 7) is 4.13. The first-order chi connectivity index (χ1) is 6.69. The molecule has 76 valence electrons. The van der Waals surface area contributed by atoms with Crippen LogP contribution < -0.4 is 0 Å². The van der Waals surface area contributed by atoms with E-state index in [9.17, 15) is 4.79 Å². The number of nitrogens with zero attached hydrogens (tertiary/aromatic N) is 2. The highest BCUT2D eigenvalue weighted by atomic mass is 16.5. The van der Waals surface area contributed by atoms with Crippen LogP contribution in [0.15, 0.2) is 12.4 Å². The Hall–Kier alpha value is -1.45. The number of rotatable bonds is 3. The molecule has 0 fully saturated rings. The number of carbonyl (C=O) groups is 1. The Balaban J connectivity index is 2.95. The van der Waals surface area contributed by atoms with Crippen molar-refractivity contribution >= 4 is 5.97 Å². The summed E-state index contributed by atoms with van der Waals surface area (Å²) in [6.07, 6.45) is 2.38. The summed E-state index contributed by atoms with van der Waals surface area (Å²) in [4.78, 5) is 19.1. The third-order valence-corrected chi connectivity index (χ3v) is 2.20. The lowest BCUT2D eigenvalue weighted by atomic mass is 10.0. The third kappa shape index (κ3) is 2.28. The number of ether oxygens (including phenoxy) is 1. The molecule has 0 saturated heterocycles. The maximum absolute atomic E-state index is 11.2. The van der Waals surface area contributed by atoms with Crippen LogP contribution in [0.25, 0.3) is 0 Å². The van der Waals surface area contributed by atoms with Crippen molar-refractivity contribution in [2.75, 3.05) is 7.11 Å². The van der Waals surface area contributed by atoms with E-state index in [2.05, 4.69) is 28.6 Å². The number of hydrogen-bond donors (Lipinski definition) is 0. The topological polar surface area (TPSA) is 52.1 Å². The van der Waals surface area contributed by atoms with Gasteiger partial charge in [-0.25, -0.2) is 14.8 Å². The first kappa shape index (κ1) is 10.6. The van der Waals surface area contributed by atoms with Gasteiger partial charge in [0.2, 0.25) is 0 Å². The number of carbonyl (C=O) groups excluding carboxylic acids is 1. The Morgan fingerprint density at radius 1 is 1.57 bits per heavy atom. The summed E-state index contributed by atoms with van der Waals surface area (Å²) in [5, 5.41) is 0. The van der Waals surface area contributed by atoms with Crippen molar-refractivity contribution in [3.63, 3.8) is 0 Å². The van der Waals surface area contributed by atoms with Crippen LogP contribution in [0.5, 0.6) is 0 Å². The van der Waals surface area contributed by atoms with E-state index in [1.165, 1.54) is 13.4 Å². The molecule has 1 aromatic heterocycles. The number of aromatic nitrogens is 2. The summed E-state index contributed by atoms with van der Waals surface area (Å²) >= 11 is 0. The van der Waals surface area contributed by atoms with Crippen molar-refractivity contribution in [2.24, 2.45) is 0 Å². The summed E-state index contributed by atoms with van der Waals surface area (Å²) < 4.78 is 4.58. The molecule has 0 aliphatic carbocycles. The smallest absolute Gasteiger partial charge is 0.356 e. The molecule has 0 spiro atoms. The van der Waals surface area contributed by atoms with Crippen LogP contribution in [-0.2, 0) is 4.74 Å². The van der Waals surface area contributed by atoms with E-state index < -0.39 is 5.97 Å². The standard InChI is InChI=1S/C10H14N2O2/c1-4-7(2)8-5-9(10(13)14-3)12-6-11-8/h5-7H,4H2,1-3H3/t7-/m1/s1. The molecule has 0 radical (unpaired) electrons. The number of esters is 1. The molecule has 0 saturated carbocycles. The van der Waals surface area contributed by atoms with Crippen LogP contribution in [0.2, 0.25) is 0 Å². The molecule has 0 aliphatic heterocycles. The Kier molecular flexibility index (Phi) is 3.56. The van der Waals surface area contributed by atoms with Gasteiger partial charge in [-0.2, -0.15) is 0 Å². The minimum atomic E-state index is -0.419. The predicted molar refractivity (Wildman–Crippen MR) is 52.1 cm³/mol. The molecule has 0 aliphatic rings. The molecule has 0 amide bonds. The molecule has 1 heterocycles. The molecule has 4 nitrogen and oxygen atoms in total. The SMILES string of the molecule is CC[C@@H](C)c1cc(C(=O)OC)ncn1. The second-order valence-corrected chi connectivity index (χ2v) is 3.13. The maximum Gasteiger partial charge on any atom is 0.356 e. The van der Waals surface area contributed by atoms with Gasteiger partial charge in [0, 0.05) is 5.69 Å². The fraction of sp³-hybridized carbons (Fsp3) is 0.500. The van der Waals surface area contributed by atoms with Crippen LogP contribution in [0.4, 0.5) is 0 Å². The Morgan fingerprint density at radius 2 is 2.29 bits per heavy atom. The van der Waals surface area contributed by atoms with E-state index in [1.54, 1.807) is 6.07 Å². The molecule has 1 rings (SSSR count). The van der Waals surface area contributed by atoms with Crippen LogP contribution >= 0.6 is 0 Å². The van der Waals surface area contributed by atoms with E-state index in [1.807, 2.05) is 0 Å². The van der Waals surface area contributed by atoms with Crippen molar-refractivity contribution < 1.29 is 9.53 Å². The van der Waals surface area contributed by atoms with Gasteiger partial charge in [0.05, 0.1) is 7.11 Å². The summed E-state index contributed by atoms with van der Waals surface area (Å²) in [7, 11) is 1.34. The van der Waals surface area contributed by atoms with Crippen LogP contribution in [-0.4, -0.2) is 23.0 Å². The molecule has 1 aromatic rings. The number of methoxy groups -OCH3 is 1. The van der Waals surface area contributed by atoms with Crippen molar-refractivity contribution in [2.45, 2.75) is 26.2 Å². The van der Waals surface area contributed by atoms with Gasteiger partial charge in [0.25, 0.3) is 0 Å². The fourth-order valence-corrected chi connectivity index (χ4v) is 1.07. The van der Waals surface area contributed by atoms with Crippen molar-refractivity contribution in [3.05, 3.63) is 23.8 Å². The van der Waals surface area contributed by atoms with Crippen LogP contribution in [0.3, 0.4) is 0 Å². The monoisotopic (exact) mass is 194 g/mol. The first-order valence-electron chi connectivity index (χ1n) is 4.59. The Labute approximate surface area is 83.3 Å². The van der Waals surface area contributed by atoms with E-state index in [0.717, 1.165) is 12.1 Å². The quantitative estimate of drug-likeness (QED) is 0.688. The molecule has 0 aromatic carbocycles. The highest BCUT2D eigenvalue weighted by molar-refractivity contribution is 5.87. The maximum atomic E-state index is 11.2. The number of hydrogen-bond acceptors (Lipinski definition) is 4. The average molecular weight is 194 g/mol. The van der Waals surface area contributed by atoms with Gasteiger partial charge in [-0.1, -0.05) is 13.8 Å². The van der Waals surface area contributed by atoms with Gasteiger partial charge in [0.1, 0.15) is 6.33 Å². The van der Waals surface area contributed by atoms with Gasteiger partial charge in [0.15, 0.2) is 5.69 Å². The van der Waals surface area contributed by atoms with Gasteiger partial charge in [-0.15, -0.1) is 0 Å². The highest BCUT2D eigenvalue weighted by Gasteiger charge is 2.11. The molecule has 0 N–H and O–H groups in total. The third-order valence-electron chi connectivity index (χ3n) is 2.20. The lowest BCUT2D eigenvalue weighted by Crippen LogP contribution is -2.07. The van der Waals surface area contributed by atoms with Gasteiger partial charge in [-0.3, -0.25) is 0 Å². The van der Waals surface area contributed by atoms with E-state index in [-0.39, 0.29) is 0 Å². The molecule has 4 heteroatoms. The second-order valence-electron chi connectivity index (χ2n) is 3.13. The van der Waals surface area contributed by atoms with E-state index in [4.69, 9.17) is 0 Å². The lowest BCUT2D eigenvalue weighted by Gasteiger charge is -2.07. The minimum Gasteiger partial charge on any atom is -0.464 e. The fourth-order valence-electron chi connectivity index (χ4n) is 1.07.